The Labute approximate surface area is 95.6 Å². The predicted molar refractivity (Wildman–Crippen MR) is 65.3 cm³/mol. The first-order valence-electron chi connectivity index (χ1n) is 5.57. The van der Waals surface area contributed by atoms with Gasteiger partial charge < -0.3 is 15.5 Å². The van der Waals surface area contributed by atoms with E-state index in [0.29, 0.717) is 11.4 Å². The SMILES string of the molecule is Cc1cc(N)cc(F)c1N1CCN(C)CC1. The summed E-state index contributed by atoms with van der Waals surface area (Å²) in [6, 6.07) is 3.23. The molecule has 0 spiro atoms. The molecule has 1 fully saturated rings. The predicted octanol–water partition coefficient (Wildman–Crippen LogP) is 1.47. The largest absolute Gasteiger partial charge is 0.399 e. The van der Waals surface area contributed by atoms with Crippen molar-refractivity contribution in [3.63, 3.8) is 0 Å². The zero-order chi connectivity index (χ0) is 11.7. The lowest BCUT2D eigenvalue weighted by Crippen LogP contribution is -2.45. The number of halogens is 1. The lowest BCUT2D eigenvalue weighted by molar-refractivity contribution is 0.311. The molecule has 1 heterocycles. The van der Waals surface area contributed by atoms with Crippen LogP contribution < -0.4 is 10.6 Å². The van der Waals surface area contributed by atoms with Crippen LogP contribution in [0.1, 0.15) is 5.56 Å². The quantitative estimate of drug-likeness (QED) is 0.732. The first-order valence-corrected chi connectivity index (χ1v) is 5.57. The first kappa shape index (κ1) is 11.2. The van der Waals surface area contributed by atoms with Gasteiger partial charge in [-0.1, -0.05) is 0 Å². The molecule has 0 unspecified atom stereocenters. The summed E-state index contributed by atoms with van der Waals surface area (Å²) in [7, 11) is 2.09. The molecule has 1 aromatic rings. The Bertz CT molecular complexity index is 361. The van der Waals surface area contributed by atoms with Gasteiger partial charge in [0.2, 0.25) is 0 Å². The Hall–Kier alpha value is -1.29. The van der Waals surface area contributed by atoms with E-state index in [4.69, 9.17) is 5.73 Å². The highest BCUT2D eigenvalue weighted by molar-refractivity contribution is 5.60. The molecule has 1 saturated heterocycles. The molecular formula is C12H18FN3. The molecule has 4 heteroatoms. The van der Waals surface area contributed by atoms with Gasteiger partial charge in [-0.3, -0.25) is 0 Å². The number of likely N-dealkylation sites (N-methyl/N-ethyl adjacent to an activating group) is 1. The maximum absolute atomic E-state index is 13.9. The smallest absolute Gasteiger partial charge is 0.148 e. The topological polar surface area (TPSA) is 32.5 Å². The number of hydrogen-bond acceptors (Lipinski definition) is 3. The normalized spacial score (nSPS) is 17.8. The van der Waals surface area contributed by atoms with Crippen LogP contribution in [-0.2, 0) is 0 Å². The molecule has 0 radical (unpaired) electrons. The van der Waals surface area contributed by atoms with Gasteiger partial charge in [0.05, 0.1) is 5.69 Å². The Morgan fingerprint density at radius 1 is 1.19 bits per heavy atom. The average molecular weight is 223 g/mol. The molecule has 0 aliphatic carbocycles. The molecule has 1 aliphatic heterocycles. The van der Waals surface area contributed by atoms with Gasteiger partial charge in [0, 0.05) is 31.9 Å². The Morgan fingerprint density at radius 2 is 1.81 bits per heavy atom. The lowest BCUT2D eigenvalue weighted by Gasteiger charge is -2.35. The van der Waals surface area contributed by atoms with E-state index in [2.05, 4.69) is 16.8 Å². The maximum Gasteiger partial charge on any atom is 0.148 e. The maximum atomic E-state index is 13.9. The van der Waals surface area contributed by atoms with E-state index in [1.165, 1.54) is 6.07 Å². The number of hydrogen-bond donors (Lipinski definition) is 1. The van der Waals surface area contributed by atoms with Gasteiger partial charge in [-0.25, -0.2) is 4.39 Å². The van der Waals surface area contributed by atoms with E-state index in [0.717, 1.165) is 31.7 Å². The summed E-state index contributed by atoms with van der Waals surface area (Å²) in [4.78, 5) is 4.35. The molecule has 0 atom stereocenters. The minimum atomic E-state index is -0.206. The van der Waals surface area contributed by atoms with Gasteiger partial charge in [-0.2, -0.15) is 0 Å². The van der Waals surface area contributed by atoms with Crippen molar-refractivity contribution in [3.8, 4) is 0 Å². The van der Waals surface area contributed by atoms with Crippen LogP contribution in [0.15, 0.2) is 12.1 Å². The van der Waals surface area contributed by atoms with Crippen molar-refractivity contribution < 1.29 is 4.39 Å². The highest BCUT2D eigenvalue weighted by Crippen LogP contribution is 2.27. The molecule has 88 valence electrons. The van der Waals surface area contributed by atoms with Crippen LogP contribution in [0.25, 0.3) is 0 Å². The number of rotatable bonds is 1. The Balaban J connectivity index is 2.26. The fourth-order valence-electron chi connectivity index (χ4n) is 2.19. The van der Waals surface area contributed by atoms with E-state index < -0.39 is 0 Å². The van der Waals surface area contributed by atoms with Gasteiger partial charge >= 0.3 is 0 Å². The second kappa shape index (κ2) is 4.29. The summed E-state index contributed by atoms with van der Waals surface area (Å²) in [5.74, 6) is -0.206. The number of nitrogens with zero attached hydrogens (tertiary/aromatic N) is 2. The molecule has 0 saturated carbocycles. The fraction of sp³-hybridized carbons (Fsp3) is 0.500. The van der Waals surface area contributed by atoms with Crippen LogP contribution >= 0.6 is 0 Å². The third-order valence-electron chi connectivity index (χ3n) is 3.10. The van der Waals surface area contributed by atoms with Crippen LogP contribution in [0.2, 0.25) is 0 Å². The van der Waals surface area contributed by atoms with Gasteiger partial charge in [-0.05, 0) is 31.7 Å². The number of nitrogens with two attached hydrogens (primary N) is 1. The van der Waals surface area contributed by atoms with E-state index in [1.807, 2.05) is 13.0 Å². The van der Waals surface area contributed by atoms with Crippen LogP contribution in [0, 0.1) is 12.7 Å². The second-order valence-electron chi connectivity index (χ2n) is 4.46. The highest BCUT2D eigenvalue weighted by atomic mass is 19.1. The second-order valence-corrected chi connectivity index (χ2v) is 4.46. The summed E-state index contributed by atoms with van der Waals surface area (Å²) in [5.41, 5.74) is 7.74. The molecule has 1 aromatic carbocycles. The molecule has 0 aromatic heterocycles. The summed E-state index contributed by atoms with van der Waals surface area (Å²) >= 11 is 0. The van der Waals surface area contributed by atoms with Crippen molar-refractivity contribution in [3.05, 3.63) is 23.5 Å². The van der Waals surface area contributed by atoms with Crippen molar-refractivity contribution in [2.24, 2.45) is 0 Å². The summed E-state index contributed by atoms with van der Waals surface area (Å²) in [6.07, 6.45) is 0. The van der Waals surface area contributed by atoms with Crippen molar-refractivity contribution in [2.45, 2.75) is 6.92 Å². The third kappa shape index (κ3) is 2.11. The fourth-order valence-corrected chi connectivity index (χ4v) is 2.19. The molecular weight excluding hydrogens is 205 g/mol. The van der Waals surface area contributed by atoms with Crippen LogP contribution in [0.4, 0.5) is 15.8 Å². The average Bonchev–Trinajstić information content (AvgIpc) is 2.19. The van der Waals surface area contributed by atoms with E-state index in [1.54, 1.807) is 0 Å². The number of aryl methyl sites for hydroxylation is 1. The molecule has 16 heavy (non-hydrogen) atoms. The van der Waals surface area contributed by atoms with Crippen molar-refractivity contribution in [1.82, 2.24) is 4.90 Å². The molecule has 2 N–H and O–H groups in total. The van der Waals surface area contributed by atoms with Crippen molar-refractivity contribution >= 4 is 11.4 Å². The van der Waals surface area contributed by atoms with Crippen molar-refractivity contribution in [2.75, 3.05) is 43.9 Å². The summed E-state index contributed by atoms with van der Waals surface area (Å²) in [6.45, 7) is 5.61. The standard InChI is InChI=1S/C12H18FN3/c1-9-7-10(14)8-11(13)12(9)16-5-3-15(2)4-6-16/h7-8H,3-6,14H2,1-2H3. The summed E-state index contributed by atoms with van der Waals surface area (Å²) in [5, 5.41) is 0. The minimum absolute atomic E-state index is 0.206. The van der Waals surface area contributed by atoms with E-state index >= 15 is 0 Å². The van der Waals surface area contributed by atoms with Crippen LogP contribution in [-0.4, -0.2) is 38.1 Å². The van der Waals surface area contributed by atoms with Gasteiger partial charge in [0.25, 0.3) is 0 Å². The third-order valence-corrected chi connectivity index (χ3v) is 3.10. The highest BCUT2D eigenvalue weighted by Gasteiger charge is 2.19. The van der Waals surface area contributed by atoms with Crippen LogP contribution in [0.5, 0.6) is 0 Å². The Kier molecular flexibility index (Phi) is 3.01. The Morgan fingerprint density at radius 3 is 2.38 bits per heavy atom. The minimum Gasteiger partial charge on any atom is -0.399 e. The van der Waals surface area contributed by atoms with E-state index in [-0.39, 0.29) is 5.82 Å². The lowest BCUT2D eigenvalue weighted by atomic mass is 10.1. The van der Waals surface area contributed by atoms with Crippen molar-refractivity contribution in [1.29, 1.82) is 0 Å². The molecule has 0 bridgehead atoms. The molecule has 3 nitrogen and oxygen atoms in total. The number of benzene rings is 1. The molecule has 1 aliphatic rings. The molecule has 0 amide bonds. The van der Waals surface area contributed by atoms with Gasteiger partial charge in [0.1, 0.15) is 5.82 Å². The number of nitrogen functional groups attached to an aromatic ring is 1. The monoisotopic (exact) mass is 223 g/mol. The van der Waals surface area contributed by atoms with Gasteiger partial charge in [0.15, 0.2) is 0 Å². The molecule has 2 rings (SSSR count). The van der Waals surface area contributed by atoms with E-state index in [9.17, 15) is 4.39 Å². The zero-order valence-corrected chi connectivity index (χ0v) is 9.83. The zero-order valence-electron chi connectivity index (χ0n) is 9.83. The first-order chi connectivity index (χ1) is 7.58. The number of anilines is 2. The van der Waals surface area contributed by atoms with Gasteiger partial charge in [-0.15, -0.1) is 0 Å². The number of piperazine rings is 1. The summed E-state index contributed by atoms with van der Waals surface area (Å²) < 4.78 is 13.9. The van der Waals surface area contributed by atoms with Crippen LogP contribution in [0.3, 0.4) is 0 Å².